The predicted octanol–water partition coefficient (Wildman–Crippen LogP) is 1.00. The van der Waals surface area contributed by atoms with Crippen LogP contribution in [0.1, 0.15) is 19.8 Å². The average Bonchev–Trinajstić information content (AvgIpc) is 1.99. The Labute approximate surface area is 75.1 Å². The Balaban J connectivity index is 0. The van der Waals surface area contributed by atoms with Gasteiger partial charge in [-0.05, 0) is 6.42 Å². The first-order valence-corrected chi connectivity index (χ1v) is 3.73. The molecule has 0 aliphatic rings. The van der Waals surface area contributed by atoms with Gasteiger partial charge in [-0.25, -0.2) is 0 Å². The Morgan fingerprint density at radius 3 is 2.45 bits per heavy atom. The van der Waals surface area contributed by atoms with Gasteiger partial charge in [-0.15, -0.1) is 12.4 Å². The molecule has 68 valence electrons. The second-order valence-corrected chi connectivity index (χ2v) is 2.10. The van der Waals surface area contributed by atoms with Crippen molar-refractivity contribution in [2.45, 2.75) is 19.8 Å². The van der Waals surface area contributed by atoms with Crippen LogP contribution >= 0.6 is 12.4 Å². The summed E-state index contributed by atoms with van der Waals surface area (Å²) in [5, 5.41) is 6.11. The van der Waals surface area contributed by atoms with E-state index in [4.69, 9.17) is 0 Å². The third-order valence-corrected chi connectivity index (χ3v) is 1.28. The zero-order chi connectivity index (χ0) is 7.82. The summed E-state index contributed by atoms with van der Waals surface area (Å²) in [7, 11) is 3.63. The fraction of sp³-hybridized carbons (Fsp3) is 0.857. The van der Waals surface area contributed by atoms with E-state index in [9.17, 15) is 0 Å². The summed E-state index contributed by atoms with van der Waals surface area (Å²) in [5.41, 5.74) is 0. The molecule has 0 aliphatic heterocycles. The van der Waals surface area contributed by atoms with E-state index in [-0.39, 0.29) is 12.4 Å². The van der Waals surface area contributed by atoms with Gasteiger partial charge in [0.25, 0.3) is 0 Å². The monoisotopic (exact) mass is 179 g/mol. The van der Waals surface area contributed by atoms with Gasteiger partial charge in [-0.2, -0.15) is 0 Å². The molecule has 0 bridgehead atoms. The maximum Gasteiger partial charge on any atom is 0.190 e. The molecule has 0 atom stereocenters. The molecule has 11 heavy (non-hydrogen) atoms. The van der Waals surface area contributed by atoms with Gasteiger partial charge in [-0.1, -0.05) is 13.3 Å². The van der Waals surface area contributed by atoms with E-state index in [0.29, 0.717) is 0 Å². The Hall–Kier alpha value is -0.440. The lowest BCUT2D eigenvalue weighted by Crippen LogP contribution is -2.35. The summed E-state index contributed by atoms with van der Waals surface area (Å²) < 4.78 is 0. The van der Waals surface area contributed by atoms with Crippen LogP contribution in [0.3, 0.4) is 0 Å². The molecule has 0 aromatic heterocycles. The summed E-state index contributed by atoms with van der Waals surface area (Å²) in [5.74, 6) is 0.869. The highest BCUT2D eigenvalue weighted by Crippen LogP contribution is 1.81. The summed E-state index contributed by atoms with van der Waals surface area (Å²) in [6, 6.07) is 0. The van der Waals surface area contributed by atoms with Crippen molar-refractivity contribution in [2.75, 3.05) is 20.6 Å². The summed E-state index contributed by atoms with van der Waals surface area (Å²) in [6.07, 6.45) is 2.41. The van der Waals surface area contributed by atoms with Gasteiger partial charge >= 0.3 is 0 Å². The van der Waals surface area contributed by atoms with Crippen LogP contribution in [-0.4, -0.2) is 26.6 Å². The van der Waals surface area contributed by atoms with Crippen molar-refractivity contribution in [1.82, 2.24) is 10.6 Å². The van der Waals surface area contributed by atoms with Crippen LogP contribution in [-0.2, 0) is 0 Å². The van der Waals surface area contributed by atoms with Crippen molar-refractivity contribution >= 4 is 18.4 Å². The summed E-state index contributed by atoms with van der Waals surface area (Å²) >= 11 is 0. The maximum atomic E-state index is 3.97. The minimum Gasteiger partial charge on any atom is -0.359 e. The third kappa shape index (κ3) is 7.46. The Morgan fingerprint density at radius 1 is 1.45 bits per heavy atom. The smallest absolute Gasteiger partial charge is 0.190 e. The summed E-state index contributed by atoms with van der Waals surface area (Å²) in [6.45, 7) is 3.17. The number of halogens is 1. The highest BCUT2D eigenvalue weighted by molar-refractivity contribution is 5.85. The molecule has 0 saturated heterocycles. The fourth-order valence-electron chi connectivity index (χ4n) is 0.663. The Kier molecular flexibility index (Phi) is 11.4. The highest BCUT2D eigenvalue weighted by atomic mass is 35.5. The standard InChI is InChI=1S/C7H17N3.ClH/c1-4-5-6-10-7(8-2)9-3;/h4-6H2,1-3H3,(H2,8,9,10);1H. The van der Waals surface area contributed by atoms with Crippen molar-refractivity contribution in [3.8, 4) is 0 Å². The predicted molar refractivity (Wildman–Crippen MR) is 52.6 cm³/mol. The average molecular weight is 180 g/mol. The largest absolute Gasteiger partial charge is 0.359 e. The van der Waals surface area contributed by atoms with Crippen LogP contribution in [0.5, 0.6) is 0 Å². The van der Waals surface area contributed by atoms with Crippen LogP contribution in [0.4, 0.5) is 0 Å². The van der Waals surface area contributed by atoms with Crippen LogP contribution < -0.4 is 10.6 Å². The number of rotatable bonds is 3. The van der Waals surface area contributed by atoms with Gasteiger partial charge in [0.05, 0.1) is 0 Å². The van der Waals surface area contributed by atoms with Crippen molar-refractivity contribution in [3.05, 3.63) is 0 Å². The molecule has 0 rings (SSSR count). The second kappa shape index (κ2) is 9.56. The normalized spacial score (nSPS) is 10.3. The summed E-state index contributed by atoms with van der Waals surface area (Å²) in [4.78, 5) is 3.97. The molecular formula is C7H18ClN3. The van der Waals surface area contributed by atoms with Crippen molar-refractivity contribution < 1.29 is 0 Å². The lowest BCUT2D eigenvalue weighted by molar-refractivity contribution is 0.741. The number of nitrogens with one attached hydrogen (secondary N) is 2. The quantitative estimate of drug-likeness (QED) is 0.386. The van der Waals surface area contributed by atoms with Crippen LogP contribution in [0.25, 0.3) is 0 Å². The van der Waals surface area contributed by atoms with Gasteiger partial charge < -0.3 is 10.6 Å². The number of nitrogens with zero attached hydrogens (tertiary/aromatic N) is 1. The zero-order valence-electron chi connectivity index (χ0n) is 7.48. The van der Waals surface area contributed by atoms with Crippen LogP contribution in [0.2, 0.25) is 0 Å². The van der Waals surface area contributed by atoms with Crippen LogP contribution in [0, 0.1) is 0 Å². The molecule has 0 radical (unpaired) electrons. The van der Waals surface area contributed by atoms with E-state index in [1.807, 2.05) is 7.05 Å². The van der Waals surface area contributed by atoms with Gasteiger partial charge in [0, 0.05) is 20.6 Å². The molecule has 0 spiro atoms. The van der Waals surface area contributed by atoms with Crippen LogP contribution in [0.15, 0.2) is 4.99 Å². The minimum atomic E-state index is 0. The van der Waals surface area contributed by atoms with Gasteiger partial charge in [0.2, 0.25) is 0 Å². The zero-order valence-corrected chi connectivity index (χ0v) is 8.29. The Bertz CT molecular complexity index is 104. The first kappa shape index (κ1) is 13.2. The lowest BCUT2D eigenvalue weighted by atomic mass is 10.3. The molecule has 0 unspecified atom stereocenters. The van der Waals surface area contributed by atoms with Crippen molar-refractivity contribution in [1.29, 1.82) is 0 Å². The third-order valence-electron chi connectivity index (χ3n) is 1.28. The van der Waals surface area contributed by atoms with Crippen molar-refractivity contribution in [2.24, 2.45) is 4.99 Å². The molecule has 3 nitrogen and oxygen atoms in total. The molecule has 0 fully saturated rings. The van der Waals surface area contributed by atoms with E-state index in [0.717, 1.165) is 12.5 Å². The molecule has 0 saturated carbocycles. The lowest BCUT2D eigenvalue weighted by Gasteiger charge is -2.06. The van der Waals surface area contributed by atoms with Gasteiger partial charge in [0.15, 0.2) is 5.96 Å². The Morgan fingerprint density at radius 2 is 2.09 bits per heavy atom. The first-order valence-electron chi connectivity index (χ1n) is 3.73. The van der Waals surface area contributed by atoms with Gasteiger partial charge in [-0.3, -0.25) is 4.99 Å². The molecule has 0 aliphatic carbocycles. The molecular weight excluding hydrogens is 162 g/mol. The number of hydrogen-bond acceptors (Lipinski definition) is 1. The van der Waals surface area contributed by atoms with E-state index in [1.54, 1.807) is 7.05 Å². The van der Waals surface area contributed by atoms with Gasteiger partial charge in [0.1, 0.15) is 0 Å². The fourth-order valence-corrected chi connectivity index (χ4v) is 0.663. The molecule has 4 heteroatoms. The number of guanidine groups is 1. The SMILES string of the molecule is CCCCNC(=NC)NC.Cl. The number of aliphatic imine (C=N–C) groups is 1. The molecule has 0 heterocycles. The van der Waals surface area contributed by atoms with E-state index < -0.39 is 0 Å². The minimum absolute atomic E-state index is 0. The maximum absolute atomic E-state index is 3.97. The van der Waals surface area contributed by atoms with Crippen molar-refractivity contribution in [3.63, 3.8) is 0 Å². The number of hydrogen-bond donors (Lipinski definition) is 2. The molecule has 2 N–H and O–H groups in total. The molecule has 0 aromatic carbocycles. The van der Waals surface area contributed by atoms with E-state index >= 15 is 0 Å². The number of unbranched alkanes of at least 4 members (excludes halogenated alkanes) is 1. The molecule has 0 aromatic rings. The first-order chi connectivity index (χ1) is 4.85. The molecule has 0 amide bonds. The van der Waals surface area contributed by atoms with E-state index in [1.165, 1.54) is 12.8 Å². The topological polar surface area (TPSA) is 36.4 Å². The highest BCUT2D eigenvalue weighted by Gasteiger charge is 1.88. The second-order valence-electron chi connectivity index (χ2n) is 2.10. The van der Waals surface area contributed by atoms with E-state index in [2.05, 4.69) is 22.5 Å².